The monoisotopic (exact) mass is 170 g/mol. The van der Waals surface area contributed by atoms with Gasteiger partial charge in [0.2, 0.25) is 0 Å². The average Bonchev–Trinajstić information content (AvgIpc) is 2.19. The van der Waals surface area contributed by atoms with E-state index in [-0.39, 0.29) is 11.3 Å². The van der Waals surface area contributed by atoms with Crippen molar-refractivity contribution in [2.24, 2.45) is 0 Å². The Kier molecular flexibility index (Phi) is 1.60. The molecule has 1 heterocycles. The highest BCUT2D eigenvalue weighted by molar-refractivity contribution is 5.86. The molecule has 3 heteroatoms. The molecule has 0 unspecified atom stereocenters. The second kappa shape index (κ2) is 2.76. The first kappa shape index (κ1) is 7.56. The van der Waals surface area contributed by atoms with E-state index in [0.717, 1.165) is 0 Å². The van der Waals surface area contributed by atoms with E-state index in [2.05, 4.69) is 4.98 Å². The number of hydrogen-bond donors (Lipinski definition) is 1. The fourth-order valence-corrected chi connectivity index (χ4v) is 1.21. The molecular weight excluding hydrogens is 164 g/mol. The van der Waals surface area contributed by atoms with Crippen molar-refractivity contribution >= 4 is 10.9 Å². The van der Waals surface area contributed by atoms with Crippen LogP contribution in [0.2, 0.25) is 0 Å². The summed E-state index contributed by atoms with van der Waals surface area (Å²) in [4.78, 5) is 4.03. The van der Waals surface area contributed by atoms with Gasteiger partial charge >= 0.3 is 0 Å². The van der Waals surface area contributed by atoms with E-state index >= 15 is 0 Å². The van der Waals surface area contributed by atoms with Crippen LogP contribution in [0.3, 0.4) is 0 Å². The fourth-order valence-electron chi connectivity index (χ4n) is 1.21. The lowest BCUT2D eigenvalue weighted by Gasteiger charge is -2.00. The summed E-state index contributed by atoms with van der Waals surface area (Å²) in [6.07, 6.45) is 1.37. The lowest BCUT2D eigenvalue weighted by atomic mass is 10.1. The number of rotatable bonds is 0. The molecule has 0 spiro atoms. The van der Waals surface area contributed by atoms with E-state index in [0.29, 0.717) is 10.9 Å². The molecule has 0 aliphatic rings. The summed E-state index contributed by atoms with van der Waals surface area (Å²) >= 11 is 0. The highest BCUT2D eigenvalue weighted by Gasteiger charge is 2.05. The Labute approximate surface area is 74.9 Å². The molecule has 13 heavy (non-hydrogen) atoms. The minimum Gasteiger partial charge on any atom is -0.506 e. The van der Waals surface area contributed by atoms with Crippen LogP contribution >= 0.6 is 0 Å². The molecule has 62 valence electrons. The molecule has 2 aromatic rings. The summed E-state index contributed by atoms with van der Waals surface area (Å²) in [5, 5.41) is 18.8. The molecule has 2 rings (SSSR count). The number of nitriles is 1. The van der Waals surface area contributed by atoms with Gasteiger partial charge in [0.25, 0.3) is 0 Å². The smallest absolute Gasteiger partial charge is 0.144 e. The molecule has 0 atom stereocenters. The Hall–Kier alpha value is -2.08. The Morgan fingerprint density at radius 1 is 1.31 bits per heavy atom. The van der Waals surface area contributed by atoms with Crippen molar-refractivity contribution in [3.05, 3.63) is 36.0 Å². The first-order valence-corrected chi connectivity index (χ1v) is 3.80. The van der Waals surface area contributed by atoms with Gasteiger partial charge in [0.05, 0.1) is 5.52 Å². The van der Waals surface area contributed by atoms with Gasteiger partial charge in [-0.05, 0) is 12.1 Å². The van der Waals surface area contributed by atoms with Gasteiger partial charge in [0, 0.05) is 11.6 Å². The van der Waals surface area contributed by atoms with E-state index in [9.17, 15) is 5.11 Å². The number of aromatic nitrogens is 1. The molecule has 3 nitrogen and oxygen atoms in total. The number of aromatic hydroxyl groups is 1. The van der Waals surface area contributed by atoms with E-state index in [4.69, 9.17) is 5.26 Å². The lowest BCUT2D eigenvalue weighted by molar-refractivity contribution is 0.479. The Balaban J connectivity index is 2.89. The third-order valence-corrected chi connectivity index (χ3v) is 1.87. The van der Waals surface area contributed by atoms with Crippen molar-refractivity contribution in [3.63, 3.8) is 0 Å². The normalized spacial score (nSPS) is 9.77. The zero-order valence-electron chi connectivity index (χ0n) is 6.73. The fraction of sp³-hybridized carbons (Fsp3) is 0. The molecule has 1 N–H and O–H groups in total. The van der Waals surface area contributed by atoms with Gasteiger partial charge in [-0.2, -0.15) is 5.26 Å². The quantitative estimate of drug-likeness (QED) is 0.656. The SMILES string of the molecule is N#Cc1cnc2ccccc2c1O. The van der Waals surface area contributed by atoms with Crippen LogP contribution in [0.4, 0.5) is 0 Å². The Bertz CT molecular complexity index is 500. The summed E-state index contributed by atoms with van der Waals surface area (Å²) in [6, 6.07) is 9.03. The number of nitrogens with zero attached hydrogens (tertiary/aromatic N) is 2. The van der Waals surface area contributed by atoms with Crippen molar-refractivity contribution < 1.29 is 5.11 Å². The molecule has 0 aliphatic heterocycles. The van der Waals surface area contributed by atoms with Gasteiger partial charge in [0.1, 0.15) is 17.4 Å². The zero-order chi connectivity index (χ0) is 9.26. The van der Waals surface area contributed by atoms with E-state index in [1.165, 1.54) is 6.20 Å². The lowest BCUT2D eigenvalue weighted by Crippen LogP contribution is -1.83. The van der Waals surface area contributed by atoms with Gasteiger partial charge in [0.15, 0.2) is 0 Å². The molecule has 1 aromatic carbocycles. The standard InChI is InChI=1S/C10H6N2O/c11-5-7-6-12-9-4-2-1-3-8(9)10(7)13/h1-4,6H,(H,12,13). The third kappa shape index (κ3) is 1.09. The molecule has 0 radical (unpaired) electrons. The van der Waals surface area contributed by atoms with Crippen LogP contribution in [-0.4, -0.2) is 10.1 Å². The molecule has 0 amide bonds. The predicted octanol–water partition coefficient (Wildman–Crippen LogP) is 1.81. The van der Waals surface area contributed by atoms with Crippen molar-refractivity contribution in [1.82, 2.24) is 4.98 Å². The Morgan fingerprint density at radius 2 is 2.08 bits per heavy atom. The van der Waals surface area contributed by atoms with E-state index in [1.807, 2.05) is 12.1 Å². The number of hydrogen-bond acceptors (Lipinski definition) is 3. The van der Waals surface area contributed by atoms with Gasteiger partial charge in [-0.15, -0.1) is 0 Å². The Morgan fingerprint density at radius 3 is 2.85 bits per heavy atom. The van der Waals surface area contributed by atoms with Crippen LogP contribution in [0, 0.1) is 11.3 Å². The van der Waals surface area contributed by atoms with Gasteiger partial charge in [-0.25, -0.2) is 0 Å². The van der Waals surface area contributed by atoms with Crippen LogP contribution in [-0.2, 0) is 0 Å². The number of benzene rings is 1. The number of para-hydroxylation sites is 1. The van der Waals surface area contributed by atoms with Crippen molar-refractivity contribution in [2.45, 2.75) is 0 Å². The minimum atomic E-state index is 0.00750. The van der Waals surface area contributed by atoms with E-state index < -0.39 is 0 Å². The molecule has 0 saturated heterocycles. The molecule has 0 fully saturated rings. The molecular formula is C10H6N2O. The van der Waals surface area contributed by atoms with Gasteiger partial charge in [-0.3, -0.25) is 4.98 Å². The largest absolute Gasteiger partial charge is 0.506 e. The summed E-state index contributed by atoms with van der Waals surface area (Å²) in [5.41, 5.74) is 0.901. The van der Waals surface area contributed by atoms with Crippen LogP contribution < -0.4 is 0 Å². The van der Waals surface area contributed by atoms with E-state index in [1.54, 1.807) is 18.2 Å². The summed E-state index contributed by atoms with van der Waals surface area (Å²) in [5.74, 6) is 0.00750. The van der Waals surface area contributed by atoms with Crippen molar-refractivity contribution in [3.8, 4) is 11.8 Å². The van der Waals surface area contributed by atoms with Crippen LogP contribution in [0.1, 0.15) is 5.56 Å². The maximum Gasteiger partial charge on any atom is 0.144 e. The molecule has 1 aromatic heterocycles. The maximum absolute atomic E-state index is 9.59. The summed E-state index contributed by atoms with van der Waals surface area (Å²) in [7, 11) is 0. The second-order valence-corrected chi connectivity index (χ2v) is 2.65. The number of pyridine rings is 1. The zero-order valence-corrected chi connectivity index (χ0v) is 6.73. The molecule has 0 saturated carbocycles. The van der Waals surface area contributed by atoms with Crippen molar-refractivity contribution in [2.75, 3.05) is 0 Å². The summed E-state index contributed by atoms with van der Waals surface area (Å²) in [6.45, 7) is 0. The van der Waals surface area contributed by atoms with Gasteiger partial charge < -0.3 is 5.11 Å². The minimum absolute atomic E-state index is 0.00750. The van der Waals surface area contributed by atoms with Crippen LogP contribution in [0.5, 0.6) is 5.75 Å². The predicted molar refractivity (Wildman–Crippen MR) is 48.1 cm³/mol. The second-order valence-electron chi connectivity index (χ2n) is 2.65. The average molecular weight is 170 g/mol. The molecule has 0 aliphatic carbocycles. The van der Waals surface area contributed by atoms with Crippen molar-refractivity contribution in [1.29, 1.82) is 5.26 Å². The number of fused-ring (bicyclic) bond motifs is 1. The maximum atomic E-state index is 9.59. The topological polar surface area (TPSA) is 56.9 Å². The highest BCUT2D eigenvalue weighted by Crippen LogP contribution is 2.25. The van der Waals surface area contributed by atoms with Gasteiger partial charge in [-0.1, -0.05) is 12.1 Å². The van der Waals surface area contributed by atoms with Crippen LogP contribution in [0.15, 0.2) is 30.5 Å². The van der Waals surface area contributed by atoms with Crippen LogP contribution in [0.25, 0.3) is 10.9 Å². The summed E-state index contributed by atoms with van der Waals surface area (Å²) < 4.78 is 0. The first-order chi connectivity index (χ1) is 6.33. The third-order valence-electron chi connectivity index (χ3n) is 1.87. The first-order valence-electron chi connectivity index (χ1n) is 3.80. The molecule has 0 bridgehead atoms. The highest BCUT2D eigenvalue weighted by atomic mass is 16.3.